The lowest BCUT2D eigenvalue weighted by Crippen LogP contribution is -2.27. The van der Waals surface area contributed by atoms with Crippen LogP contribution in [-0.2, 0) is 19.4 Å². The topological polar surface area (TPSA) is 180 Å². The van der Waals surface area contributed by atoms with Crippen LogP contribution in [0.15, 0.2) is 47.5 Å². The van der Waals surface area contributed by atoms with Crippen LogP contribution in [0.4, 0.5) is 49.5 Å². The zero-order chi connectivity index (χ0) is 39.4. The number of hydrogen-bond acceptors (Lipinski definition) is 10. The smallest absolute Gasteiger partial charge is 0.490 e. The van der Waals surface area contributed by atoms with Crippen molar-refractivity contribution in [3.05, 3.63) is 58.7 Å². The van der Waals surface area contributed by atoms with Crippen LogP contribution in [0, 0.1) is 6.92 Å². The van der Waals surface area contributed by atoms with Crippen LogP contribution in [-0.4, -0.2) is 77.8 Å². The van der Waals surface area contributed by atoms with Crippen molar-refractivity contribution in [3.63, 3.8) is 0 Å². The molecule has 0 radical (unpaired) electrons. The maximum Gasteiger partial charge on any atom is 0.490 e. The molecule has 0 atom stereocenters. The van der Waals surface area contributed by atoms with E-state index in [0.29, 0.717) is 30.0 Å². The molecule has 0 unspecified atom stereocenters. The number of aromatic nitrogens is 2. The second kappa shape index (κ2) is 18.9. The number of alkyl halides is 6. The van der Waals surface area contributed by atoms with Crippen molar-refractivity contribution in [2.24, 2.45) is 0 Å². The molecule has 3 aromatic rings. The van der Waals surface area contributed by atoms with E-state index in [0.717, 1.165) is 43.8 Å². The Morgan fingerprint density at radius 1 is 1.00 bits per heavy atom. The van der Waals surface area contributed by atoms with Gasteiger partial charge in [0.05, 0.1) is 34.3 Å². The fourth-order valence-electron chi connectivity index (χ4n) is 4.54. The number of ether oxygens (including phenoxy) is 1. The van der Waals surface area contributed by atoms with Crippen molar-refractivity contribution in [2.75, 3.05) is 30.3 Å². The highest BCUT2D eigenvalue weighted by Gasteiger charge is 2.39. The SMILES string of the molecule is CCCOc1cc(C2CCNCC2)c(C)cc1Nc1ncc(Cl)c(Nc2ccccc2S(=O)(=O)C(C)C)n1.O=C(O)C(F)(F)F.O=C(O)C(F)(F)F. The molecule has 4 rings (SSSR count). The van der Waals surface area contributed by atoms with Crippen LogP contribution in [0.5, 0.6) is 5.75 Å². The van der Waals surface area contributed by atoms with Gasteiger partial charge in [-0.05, 0) is 94.4 Å². The minimum atomic E-state index is -5.08. The number of carboxylic acids is 2. The summed E-state index contributed by atoms with van der Waals surface area (Å²) in [4.78, 5) is 26.9. The molecular weight excluding hydrogens is 748 g/mol. The number of nitrogens with one attached hydrogen (secondary N) is 3. The molecule has 52 heavy (non-hydrogen) atoms. The first-order chi connectivity index (χ1) is 24.1. The summed E-state index contributed by atoms with van der Waals surface area (Å²) in [6, 6.07) is 11.0. The van der Waals surface area contributed by atoms with Gasteiger partial charge in [-0.15, -0.1) is 0 Å². The van der Waals surface area contributed by atoms with Crippen molar-refractivity contribution in [2.45, 2.75) is 75.4 Å². The van der Waals surface area contributed by atoms with Crippen molar-refractivity contribution in [1.82, 2.24) is 15.3 Å². The van der Waals surface area contributed by atoms with Crippen molar-refractivity contribution in [1.29, 1.82) is 0 Å². The van der Waals surface area contributed by atoms with Gasteiger partial charge in [-0.1, -0.05) is 30.7 Å². The van der Waals surface area contributed by atoms with Gasteiger partial charge >= 0.3 is 24.3 Å². The lowest BCUT2D eigenvalue weighted by Gasteiger charge is -2.26. The van der Waals surface area contributed by atoms with E-state index < -0.39 is 39.4 Å². The van der Waals surface area contributed by atoms with Crippen molar-refractivity contribution >= 4 is 56.5 Å². The number of anilines is 4. The third-order valence-electron chi connectivity index (χ3n) is 7.15. The number of piperidine rings is 1. The number of nitrogens with zero attached hydrogens (tertiary/aromatic N) is 2. The minimum Gasteiger partial charge on any atom is -0.491 e. The van der Waals surface area contributed by atoms with E-state index in [4.69, 9.17) is 36.1 Å². The quantitative estimate of drug-likeness (QED) is 0.127. The van der Waals surface area contributed by atoms with Crippen LogP contribution in [0.1, 0.15) is 57.1 Å². The minimum absolute atomic E-state index is 0.193. The maximum atomic E-state index is 12.9. The van der Waals surface area contributed by atoms with Crippen LogP contribution < -0.4 is 20.7 Å². The Labute approximate surface area is 300 Å². The Morgan fingerprint density at radius 3 is 2.08 bits per heavy atom. The van der Waals surface area contributed by atoms with E-state index in [2.05, 4.69) is 51.9 Å². The van der Waals surface area contributed by atoms with Gasteiger partial charge in [0.2, 0.25) is 5.95 Å². The molecule has 2 heterocycles. The lowest BCUT2D eigenvalue weighted by atomic mass is 9.87. The molecular formula is C32H38ClF6N5O7S. The number of benzene rings is 2. The summed E-state index contributed by atoms with van der Waals surface area (Å²) >= 11 is 6.42. The van der Waals surface area contributed by atoms with E-state index in [1.165, 1.54) is 17.3 Å². The molecule has 0 saturated carbocycles. The predicted octanol–water partition coefficient (Wildman–Crippen LogP) is 7.63. The number of aliphatic carboxylic acids is 2. The molecule has 1 fully saturated rings. The molecule has 12 nitrogen and oxygen atoms in total. The van der Waals surface area contributed by atoms with Crippen LogP contribution >= 0.6 is 11.6 Å². The largest absolute Gasteiger partial charge is 0.491 e. The fraction of sp³-hybridized carbons (Fsp3) is 0.438. The Morgan fingerprint density at radius 2 is 1.56 bits per heavy atom. The van der Waals surface area contributed by atoms with Crippen LogP contribution in [0.25, 0.3) is 0 Å². The second-order valence-corrected chi connectivity index (χ2v) is 14.3. The van der Waals surface area contributed by atoms with Crippen LogP contribution in [0.2, 0.25) is 5.02 Å². The molecule has 1 aliphatic heterocycles. The van der Waals surface area contributed by atoms with Gasteiger partial charge < -0.3 is 30.9 Å². The molecule has 1 saturated heterocycles. The van der Waals surface area contributed by atoms with Gasteiger partial charge in [-0.2, -0.15) is 31.3 Å². The Bertz CT molecular complexity index is 1760. The number of para-hydroxylation sites is 1. The highest BCUT2D eigenvalue weighted by molar-refractivity contribution is 7.92. The Kier molecular flexibility index (Phi) is 15.9. The van der Waals surface area contributed by atoms with Gasteiger partial charge in [0.25, 0.3) is 0 Å². The zero-order valence-electron chi connectivity index (χ0n) is 28.3. The fourth-order valence-corrected chi connectivity index (χ4v) is 5.88. The van der Waals surface area contributed by atoms with Gasteiger partial charge in [-0.25, -0.2) is 23.0 Å². The summed E-state index contributed by atoms with van der Waals surface area (Å²) in [6.07, 6.45) is -5.59. The molecule has 0 bridgehead atoms. The lowest BCUT2D eigenvalue weighted by molar-refractivity contribution is -0.193. The van der Waals surface area contributed by atoms with Gasteiger partial charge in [0, 0.05) is 0 Å². The normalized spacial score (nSPS) is 13.6. The summed E-state index contributed by atoms with van der Waals surface area (Å²) in [5.74, 6) is -3.64. The number of sulfone groups is 1. The number of aryl methyl sites for hydroxylation is 1. The standard InChI is InChI=1S/C28H36ClN5O3S.2C2HF3O2/c1-5-14-37-25-16-21(20-10-12-30-13-11-20)19(4)15-24(25)33-28-31-17-22(29)27(34-28)32-23-8-6-7-9-26(23)38(35,36)18(2)3;2*3-2(4,5)1(6)7/h6-9,15-18,20,30H,5,10-14H2,1-4H3,(H2,31,32,33,34);2*(H,6,7). The molecule has 20 heteroatoms. The molecule has 1 aromatic heterocycles. The first-order valence-corrected chi connectivity index (χ1v) is 17.5. The van der Waals surface area contributed by atoms with Crippen molar-refractivity contribution < 1.29 is 59.3 Å². The average Bonchev–Trinajstić information content (AvgIpc) is 3.06. The van der Waals surface area contributed by atoms with E-state index in [1.807, 2.05) is 0 Å². The molecule has 0 aliphatic carbocycles. The first-order valence-electron chi connectivity index (χ1n) is 15.6. The molecule has 5 N–H and O–H groups in total. The number of hydrogen-bond donors (Lipinski definition) is 5. The molecule has 0 amide bonds. The summed E-state index contributed by atoms with van der Waals surface area (Å²) in [7, 11) is -3.52. The monoisotopic (exact) mass is 785 g/mol. The molecule has 288 valence electrons. The van der Waals surface area contributed by atoms with Gasteiger partial charge in [0.1, 0.15) is 10.8 Å². The van der Waals surface area contributed by atoms with Crippen LogP contribution in [0.3, 0.4) is 0 Å². The Hall–Kier alpha value is -4.36. The van der Waals surface area contributed by atoms with Crippen molar-refractivity contribution in [3.8, 4) is 5.75 Å². The highest BCUT2D eigenvalue weighted by atomic mass is 35.5. The van der Waals surface area contributed by atoms with E-state index in [-0.39, 0.29) is 9.92 Å². The van der Waals surface area contributed by atoms with E-state index in [1.54, 1.807) is 38.1 Å². The third-order valence-corrected chi connectivity index (χ3v) is 9.64. The maximum absolute atomic E-state index is 12.9. The summed E-state index contributed by atoms with van der Waals surface area (Å²) in [5, 5.41) is 23.8. The first kappa shape index (κ1) is 43.8. The predicted molar refractivity (Wildman–Crippen MR) is 182 cm³/mol. The average molecular weight is 786 g/mol. The summed E-state index contributed by atoms with van der Waals surface area (Å²) in [5.41, 5.74) is 3.67. The van der Waals surface area contributed by atoms with E-state index in [9.17, 15) is 34.8 Å². The highest BCUT2D eigenvalue weighted by Crippen LogP contribution is 2.37. The number of halogens is 7. The number of rotatable bonds is 10. The Balaban J connectivity index is 0.000000564. The third kappa shape index (κ3) is 13.0. The van der Waals surface area contributed by atoms with E-state index >= 15 is 0 Å². The van der Waals surface area contributed by atoms with Gasteiger partial charge in [-0.3, -0.25) is 0 Å². The molecule has 2 aromatic carbocycles. The number of carboxylic acid groups (broad SMARTS) is 2. The second-order valence-electron chi connectivity index (χ2n) is 11.4. The number of carbonyl (C=O) groups is 2. The summed E-state index contributed by atoms with van der Waals surface area (Å²) < 4.78 is 95.4. The van der Waals surface area contributed by atoms with Gasteiger partial charge in [0.15, 0.2) is 15.7 Å². The zero-order valence-corrected chi connectivity index (χ0v) is 29.9. The molecule has 1 aliphatic rings. The summed E-state index contributed by atoms with van der Waals surface area (Å²) in [6.45, 7) is 10.1. The molecule has 0 spiro atoms.